The summed E-state index contributed by atoms with van der Waals surface area (Å²) >= 11 is 0. The van der Waals surface area contributed by atoms with Crippen LogP contribution in [-0.4, -0.2) is 32.2 Å². The van der Waals surface area contributed by atoms with Gasteiger partial charge in [0.05, 0.1) is 17.5 Å². The molecule has 84 valence electrons. The molecule has 0 bridgehead atoms. The Labute approximate surface area is 89.0 Å². The highest BCUT2D eigenvalue weighted by Crippen LogP contribution is 2.23. The van der Waals surface area contributed by atoms with E-state index in [9.17, 15) is 5.11 Å². The van der Waals surface area contributed by atoms with Crippen LogP contribution in [0.4, 0.5) is 0 Å². The van der Waals surface area contributed by atoms with E-state index in [4.69, 9.17) is 4.74 Å². The SMILES string of the molecule is CC(C)(C)OC(O)N1Cc2cn[nH]c2C1. The Morgan fingerprint density at radius 1 is 1.53 bits per heavy atom. The Kier molecular flexibility index (Phi) is 2.54. The van der Waals surface area contributed by atoms with Crippen molar-refractivity contribution in [3.8, 4) is 0 Å². The van der Waals surface area contributed by atoms with Crippen molar-refractivity contribution in [2.24, 2.45) is 0 Å². The van der Waals surface area contributed by atoms with Gasteiger partial charge in [0.15, 0.2) is 0 Å². The van der Waals surface area contributed by atoms with E-state index < -0.39 is 6.41 Å². The molecule has 0 amide bonds. The summed E-state index contributed by atoms with van der Waals surface area (Å²) in [4.78, 5) is 1.86. The molecule has 1 aromatic rings. The van der Waals surface area contributed by atoms with Crippen molar-refractivity contribution >= 4 is 0 Å². The molecule has 0 radical (unpaired) electrons. The molecular weight excluding hydrogens is 194 g/mol. The largest absolute Gasteiger partial charge is 0.356 e. The van der Waals surface area contributed by atoms with Crippen molar-refractivity contribution in [1.82, 2.24) is 15.1 Å². The fraction of sp³-hybridized carbons (Fsp3) is 0.700. The number of aromatic amines is 1. The van der Waals surface area contributed by atoms with Crippen molar-refractivity contribution in [2.75, 3.05) is 0 Å². The maximum Gasteiger partial charge on any atom is 0.217 e. The second-order valence-electron chi connectivity index (χ2n) is 4.84. The van der Waals surface area contributed by atoms with Gasteiger partial charge in [0.25, 0.3) is 0 Å². The number of nitrogens with one attached hydrogen (secondary N) is 1. The Morgan fingerprint density at radius 3 is 2.87 bits per heavy atom. The number of aliphatic hydroxyl groups is 1. The minimum atomic E-state index is -0.856. The standard InChI is InChI=1S/C10H17N3O2/c1-10(2,3)15-9(14)13-5-7-4-11-12-8(7)6-13/h4,9,14H,5-6H2,1-3H3,(H,11,12). The molecule has 1 atom stereocenters. The molecule has 1 aliphatic heterocycles. The Hall–Kier alpha value is -0.910. The third-order valence-corrected chi connectivity index (χ3v) is 2.31. The van der Waals surface area contributed by atoms with Crippen LogP contribution in [-0.2, 0) is 17.8 Å². The molecule has 1 aromatic heterocycles. The number of fused-ring (bicyclic) bond motifs is 1. The third-order valence-electron chi connectivity index (χ3n) is 2.31. The van der Waals surface area contributed by atoms with Gasteiger partial charge in [-0.2, -0.15) is 5.10 Å². The smallest absolute Gasteiger partial charge is 0.217 e. The first kappa shape index (κ1) is 10.6. The average Bonchev–Trinajstić information content (AvgIpc) is 2.56. The van der Waals surface area contributed by atoms with E-state index in [-0.39, 0.29) is 5.60 Å². The molecule has 0 fully saturated rings. The van der Waals surface area contributed by atoms with Gasteiger partial charge in [0.1, 0.15) is 0 Å². The van der Waals surface area contributed by atoms with Crippen LogP contribution in [0, 0.1) is 0 Å². The summed E-state index contributed by atoms with van der Waals surface area (Å²) in [6.07, 6.45) is 0.935. The minimum Gasteiger partial charge on any atom is -0.356 e. The summed E-state index contributed by atoms with van der Waals surface area (Å²) in [6.45, 7) is 7.11. The highest BCUT2D eigenvalue weighted by molar-refractivity contribution is 5.20. The van der Waals surface area contributed by atoms with E-state index >= 15 is 0 Å². The zero-order chi connectivity index (χ0) is 11.1. The predicted octanol–water partition coefficient (Wildman–Crippen LogP) is 0.816. The second kappa shape index (κ2) is 3.59. The fourth-order valence-electron chi connectivity index (χ4n) is 1.64. The predicted molar refractivity (Wildman–Crippen MR) is 54.7 cm³/mol. The molecule has 5 heteroatoms. The zero-order valence-corrected chi connectivity index (χ0v) is 9.32. The molecule has 0 aromatic carbocycles. The van der Waals surface area contributed by atoms with Gasteiger partial charge in [0.2, 0.25) is 6.41 Å². The summed E-state index contributed by atoms with van der Waals surface area (Å²) < 4.78 is 5.47. The van der Waals surface area contributed by atoms with E-state index in [0.29, 0.717) is 13.1 Å². The fourth-order valence-corrected chi connectivity index (χ4v) is 1.64. The maximum atomic E-state index is 9.84. The molecule has 1 unspecified atom stereocenters. The molecule has 5 nitrogen and oxygen atoms in total. The first-order chi connectivity index (χ1) is 6.96. The van der Waals surface area contributed by atoms with E-state index in [1.807, 2.05) is 25.7 Å². The van der Waals surface area contributed by atoms with Crippen LogP contribution in [0.1, 0.15) is 32.0 Å². The van der Waals surface area contributed by atoms with Gasteiger partial charge in [-0.05, 0) is 20.8 Å². The summed E-state index contributed by atoms with van der Waals surface area (Å²) in [5, 5.41) is 16.7. The average molecular weight is 211 g/mol. The van der Waals surface area contributed by atoms with Crippen LogP contribution in [0.15, 0.2) is 6.20 Å². The summed E-state index contributed by atoms with van der Waals surface area (Å²) in [6, 6.07) is 0. The maximum absolute atomic E-state index is 9.84. The van der Waals surface area contributed by atoms with Crippen molar-refractivity contribution in [3.63, 3.8) is 0 Å². The molecule has 2 N–H and O–H groups in total. The highest BCUT2D eigenvalue weighted by Gasteiger charge is 2.29. The topological polar surface area (TPSA) is 61.4 Å². The number of nitrogens with zero attached hydrogens (tertiary/aromatic N) is 2. The summed E-state index contributed by atoms with van der Waals surface area (Å²) in [5.41, 5.74) is 1.85. The monoisotopic (exact) mass is 211 g/mol. The molecule has 0 saturated heterocycles. The van der Waals surface area contributed by atoms with E-state index in [0.717, 1.165) is 11.3 Å². The van der Waals surface area contributed by atoms with Crippen LogP contribution >= 0.6 is 0 Å². The number of aliphatic hydroxyl groups excluding tert-OH is 1. The van der Waals surface area contributed by atoms with Gasteiger partial charge in [-0.1, -0.05) is 0 Å². The van der Waals surface area contributed by atoms with Crippen LogP contribution < -0.4 is 0 Å². The molecule has 0 spiro atoms. The zero-order valence-electron chi connectivity index (χ0n) is 9.32. The number of ether oxygens (including phenoxy) is 1. The van der Waals surface area contributed by atoms with Crippen molar-refractivity contribution in [3.05, 3.63) is 17.5 Å². The number of aromatic nitrogens is 2. The summed E-state index contributed by atoms with van der Waals surface area (Å²) in [7, 11) is 0. The van der Waals surface area contributed by atoms with Gasteiger partial charge in [-0.25, -0.2) is 4.90 Å². The van der Waals surface area contributed by atoms with Crippen molar-refractivity contribution in [1.29, 1.82) is 0 Å². The van der Waals surface area contributed by atoms with Crippen LogP contribution in [0.3, 0.4) is 0 Å². The van der Waals surface area contributed by atoms with Crippen LogP contribution in [0.25, 0.3) is 0 Å². The minimum absolute atomic E-state index is 0.339. The highest BCUT2D eigenvalue weighted by atomic mass is 16.6. The third kappa shape index (κ3) is 2.37. The van der Waals surface area contributed by atoms with Gasteiger partial charge >= 0.3 is 0 Å². The normalized spacial score (nSPS) is 19.2. The quantitative estimate of drug-likeness (QED) is 0.711. The van der Waals surface area contributed by atoms with Gasteiger partial charge in [-0.3, -0.25) is 5.10 Å². The lowest BCUT2D eigenvalue weighted by Gasteiger charge is -2.29. The van der Waals surface area contributed by atoms with E-state index in [1.54, 1.807) is 6.20 Å². The number of hydrogen-bond donors (Lipinski definition) is 2. The van der Waals surface area contributed by atoms with Crippen molar-refractivity contribution < 1.29 is 9.84 Å². The molecule has 0 aliphatic carbocycles. The van der Waals surface area contributed by atoms with E-state index in [2.05, 4.69) is 10.2 Å². The molecule has 2 heterocycles. The number of H-pyrrole nitrogens is 1. The molecule has 0 saturated carbocycles. The van der Waals surface area contributed by atoms with Crippen LogP contribution in [0.2, 0.25) is 0 Å². The van der Waals surface area contributed by atoms with Gasteiger partial charge < -0.3 is 9.84 Å². The molecular formula is C10H17N3O2. The number of hydrogen-bond acceptors (Lipinski definition) is 4. The summed E-state index contributed by atoms with van der Waals surface area (Å²) in [5.74, 6) is 0. The van der Waals surface area contributed by atoms with Gasteiger partial charge in [0, 0.05) is 18.7 Å². The Balaban J connectivity index is 1.95. The van der Waals surface area contributed by atoms with Gasteiger partial charge in [-0.15, -0.1) is 0 Å². The first-order valence-corrected chi connectivity index (χ1v) is 5.07. The lowest BCUT2D eigenvalue weighted by Crippen LogP contribution is -2.38. The molecule has 1 aliphatic rings. The Morgan fingerprint density at radius 2 is 2.27 bits per heavy atom. The number of rotatable bonds is 2. The lowest BCUT2D eigenvalue weighted by molar-refractivity contribution is -0.241. The Bertz CT molecular complexity index is 322. The molecule has 2 rings (SSSR count). The van der Waals surface area contributed by atoms with Crippen LogP contribution in [0.5, 0.6) is 0 Å². The van der Waals surface area contributed by atoms with E-state index in [1.165, 1.54) is 0 Å². The lowest BCUT2D eigenvalue weighted by atomic mass is 10.2. The molecule has 15 heavy (non-hydrogen) atoms. The first-order valence-electron chi connectivity index (χ1n) is 5.07. The second-order valence-corrected chi connectivity index (χ2v) is 4.84. The van der Waals surface area contributed by atoms with Crippen molar-refractivity contribution in [2.45, 2.75) is 45.9 Å².